The molecular weight excluding hydrogens is 348 g/mol. The summed E-state index contributed by atoms with van der Waals surface area (Å²) in [5.41, 5.74) is 0.173. The van der Waals surface area contributed by atoms with Gasteiger partial charge in [0.25, 0.3) is 0 Å². The first-order valence-corrected chi connectivity index (χ1v) is 6.57. The fraction of sp³-hybridized carbons (Fsp3) is 0.636. The second-order valence-electron chi connectivity index (χ2n) is 4.04. The molecule has 0 aliphatic heterocycles. The van der Waals surface area contributed by atoms with E-state index in [4.69, 9.17) is 0 Å². The largest absolute Gasteiger partial charge is 0.367 e. The first-order valence-electron chi connectivity index (χ1n) is 5.77. The summed E-state index contributed by atoms with van der Waals surface area (Å²) in [5, 5.41) is 3.94. The zero-order valence-corrected chi connectivity index (χ0v) is 12.2. The van der Waals surface area contributed by atoms with Gasteiger partial charge in [-0.2, -0.15) is 13.9 Å². The van der Waals surface area contributed by atoms with Crippen LogP contribution in [0.3, 0.4) is 0 Å². The maximum absolute atomic E-state index is 12.6. The van der Waals surface area contributed by atoms with Crippen LogP contribution in [0.15, 0.2) is 10.7 Å². The Morgan fingerprint density at radius 1 is 1.55 bits per heavy atom. The van der Waals surface area contributed by atoms with Gasteiger partial charge in [0.05, 0.1) is 10.7 Å². The highest BCUT2D eigenvalue weighted by Gasteiger charge is 2.41. The maximum atomic E-state index is 12.6. The molecule has 0 radical (unpaired) electrons. The Bertz CT molecular complexity index is 465. The zero-order valence-electron chi connectivity index (χ0n) is 10.6. The van der Waals surface area contributed by atoms with E-state index in [2.05, 4.69) is 25.8 Å². The number of ether oxygens (including phenoxy) is 1. The number of hydrogen-bond acceptors (Lipinski definition) is 3. The molecule has 0 spiro atoms. The molecule has 0 aliphatic carbocycles. The van der Waals surface area contributed by atoms with E-state index >= 15 is 0 Å². The van der Waals surface area contributed by atoms with Crippen LogP contribution in [0.4, 0.5) is 17.6 Å². The van der Waals surface area contributed by atoms with Gasteiger partial charge in [0, 0.05) is 6.54 Å². The lowest BCUT2D eigenvalue weighted by atomic mass is 10.3. The lowest BCUT2D eigenvalue weighted by Gasteiger charge is -2.15. The van der Waals surface area contributed by atoms with Crippen LogP contribution in [0.1, 0.15) is 23.8 Å². The molecule has 0 N–H and O–H groups in total. The van der Waals surface area contributed by atoms with E-state index in [-0.39, 0.29) is 5.69 Å². The first kappa shape index (κ1) is 17.1. The van der Waals surface area contributed by atoms with Gasteiger partial charge in [-0.05, 0) is 22.4 Å². The van der Waals surface area contributed by atoms with E-state index in [9.17, 15) is 22.4 Å². The summed E-state index contributed by atoms with van der Waals surface area (Å²) in [7, 11) is 0. The van der Waals surface area contributed by atoms with Crippen LogP contribution in [0.2, 0.25) is 0 Å². The fourth-order valence-corrected chi connectivity index (χ4v) is 1.95. The number of nitrogens with zero attached hydrogens (tertiary/aromatic N) is 2. The minimum atomic E-state index is -4.26. The topological polar surface area (TPSA) is 44.1 Å². The fourth-order valence-electron chi connectivity index (χ4n) is 1.43. The van der Waals surface area contributed by atoms with E-state index in [0.29, 0.717) is 11.0 Å². The van der Waals surface area contributed by atoms with E-state index in [1.165, 1.54) is 10.9 Å². The van der Waals surface area contributed by atoms with Gasteiger partial charge in [-0.1, -0.05) is 6.92 Å². The van der Waals surface area contributed by atoms with Gasteiger partial charge in [0.2, 0.25) is 5.78 Å². The SMILES string of the molecule is CCCn1ncc(Br)c1C(=O)COCC(F)(F)C(F)F. The molecule has 1 heterocycles. The van der Waals surface area contributed by atoms with Crippen LogP contribution in [0, 0.1) is 0 Å². The summed E-state index contributed by atoms with van der Waals surface area (Å²) in [6.07, 6.45) is -1.70. The Morgan fingerprint density at radius 3 is 2.75 bits per heavy atom. The highest BCUT2D eigenvalue weighted by Crippen LogP contribution is 2.23. The molecule has 1 aromatic heterocycles. The Hall–Kier alpha value is -0.960. The molecule has 0 aromatic carbocycles. The second kappa shape index (κ2) is 7.16. The molecule has 0 unspecified atom stereocenters. The van der Waals surface area contributed by atoms with Crippen molar-refractivity contribution < 1.29 is 27.1 Å². The smallest absolute Gasteiger partial charge is 0.330 e. The molecule has 4 nitrogen and oxygen atoms in total. The van der Waals surface area contributed by atoms with E-state index < -0.39 is 31.3 Å². The Labute approximate surface area is 121 Å². The van der Waals surface area contributed by atoms with Crippen LogP contribution in [-0.4, -0.2) is 41.1 Å². The normalized spacial score (nSPS) is 12.2. The summed E-state index contributed by atoms with van der Waals surface area (Å²) < 4.78 is 55.2. The number of alkyl halides is 4. The third kappa shape index (κ3) is 4.27. The quantitative estimate of drug-likeness (QED) is 0.528. The monoisotopic (exact) mass is 360 g/mol. The van der Waals surface area contributed by atoms with Gasteiger partial charge in [-0.15, -0.1) is 0 Å². The second-order valence-corrected chi connectivity index (χ2v) is 4.90. The molecule has 1 rings (SSSR count). The molecule has 9 heteroatoms. The standard InChI is InChI=1S/C11H13BrF4N2O2/c1-2-3-18-9(7(12)4-17-18)8(19)5-20-6-11(15,16)10(13)14/h4,10H,2-3,5-6H2,1H3. The molecule has 0 saturated heterocycles. The van der Waals surface area contributed by atoms with Crippen molar-refractivity contribution in [1.82, 2.24) is 9.78 Å². The number of halogens is 5. The van der Waals surface area contributed by atoms with E-state index in [1.54, 1.807) is 0 Å². The van der Waals surface area contributed by atoms with Crippen molar-refractivity contribution in [3.63, 3.8) is 0 Å². The minimum Gasteiger partial charge on any atom is -0.367 e. The summed E-state index contributed by atoms with van der Waals surface area (Å²) in [5.74, 6) is -4.87. The van der Waals surface area contributed by atoms with Crippen molar-refractivity contribution in [2.24, 2.45) is 0 Å². The maximum Gasteiger partial charge on any atom is 0.330 e. The van der Waals surface area contributed by atoms with Crippen molar-refractivity contribution in [2.75, 3.05) is 13.2 Å². The third-order valence-electron chi connectivity index (χ3n) is 2.34. The summed E-state index contributed by atoms with van der Waals surface area (Å²) in [6.45, 7) is 0.135. The van der Waals surface area contributed by atoms with Crippen molar-refractivity contribution in [1.29, 1.82) is 0 Å². The number of rotatable bonds is 8. The first-order chi connectivity index (χ1) is 9.29. The molecule has 20 heavy (non-hydrogen) atoms. The minimum absolute atomic E-state index is 0.173. The summed E-state index contributed by atoms with van der Waals surface area (Å²) in [4.78, 5) is 11.8. The average Bonchev–Trinajstić information content (AvgIpc) is 2.70. The van der Waals surface area contributed by atoms with Crippen LogP contribution in [0.5, 0.6) is 0 Å². The molecule has 114 valence electrons. The van der Waals surface area contributed by atoms with Gasteiger partial charge in [0.15, 0.2) is 0 Å². The lowest BCUT2D eigenvalue weighted by molar-refractivity contribution is -0.163. The predicted octanol–water partition coefficient (Wildman–Crippen LogP) is 3.16. The predicted molar refractivity (Wildman–Crippen MR) is 66.3 cm³/mol. The van der Waals surface area contributed by atoms with Crippen LogP contribution in [-0.2, 0) is 11.3 Å². The highest BCUT2D eigenvalue weighted by atomic mass is 79.9. The molecule has 0 bridgehead atoms. The Kier molecular flexibility index (Phi) is 6.12. The van der Waals surface area contributed by atoms with Gasteiger partial charge in [0.1, 0.15) is 18.9 Å². The third-order valence-corrected chi connectivity index (χ3v) is 2.92. The molecule has 0 saturated carbocycles. The van der Waals surface area contributed by atoms with Gasteiger partial charge in [-0.3, -0.25) is 9.48 Å². The highest BCUT2D eigenvalue weighted by molar-refractivity contribution is 9.10. The molecule has 0 amide bonds. The van der Waals surface area contributed by atoms with Gasteiger partial charge < -0.3 is 4.74 Å². The van der Waals surface area contributed by atoms with E-state index in [1.807, 2.05) is 6.92 Å². The zero-order chi connectivity index (χ0) is 15.3. The van der Waals surface area contributed by atoms with E-state index in [0.717, 1.165) is 6.42 Å². The Morgan fingerprint density at radius 2 is 2.20 bits per heavy atom. The van der Waals surface area contributed by atoms with Gasteiger partial charge >= 0.3 is 12.3 Å². The molecule has 0 atom stereocenters. The molecule has 0 fully saturated rings. The van der Waals surface area contributed by atoms with Crippen molar-refractivity contribution in [3.8, 4) is 0 Å². The van der Waals surface area contributed by atoms with Crippen LogP contribution in [0.25, 0.3) is 0 Å². The molecular formula is C11H13BrF4N2O2. The number of Topliss-reactive ketones (excluding diaryl/α,β-unsaturated/α-hetero) is 1. The van der Waals surface area contributed by atoms with Gasteiger partial charge in [-0.25, -0.2) is 8.78 Å². The van der Waals surface area contributed by atoms with Crippen molar-refractivity contribution in [2.45, 2.75) is 32.2 Å². The number of aromatic nitrogens is 2. The lowest BCUT2D eigenvalue weighted by Crippen LogP contribution is -2.33. The Balaban J connectivity index is 2.62. The summed E-state index contributed by atoms with van der Waals surface area (Å²) >= 11 is 3.11. The van der Waals surface area contributed by atoms with Crippen molar-refractivity contribution >= 4 is 21.7 Å². The number of ketones is 1. The molecule has 0 aliphatic rings. The number of hydrogen-bond donors (Lipinski definition) is 0. The van der Waals surface area contributed by atoms with Crippen LogP contribution < -0.4 is 0 Å². The number of carbonyl (C=O) groups excluding carboxylic acids is 1. The van der Waals surface area contributed by atoms with Crippen molar-refractivity contribution in [3.05, 3.63) is 16.4 Å². The number of aryl methyl sites for hydroxylation is 1. The summed E-state index contributed by atoms with van der Waals surface area (Å²) in [6, 6.07) is 0. The average molecular weight is 361 g/mol. The molecule has 1 aromatic rings. The number of carbonyl (C=O) groups is 1. The van der Waals surface area contributed by atoms with Crippen LogP contribution >= 0.6 is 15.9 Å².